The zero-order chi connectivity index (χ0) is 19.6. The van der Waals surface area contributed by atoms with Gasteiger partial charge in [-0.2, -0.15) is 13.2 Å². The zero-order valence-corrected chi connectivity index (χ0v) is 14.3. The molecule has 10 heteroatoms. The third-order valence-electron chi connectivity index (χ3n) is 5.02. The summed E-state index contributed by atoms with van der Waals surface area (Å²) in [6.45, 7) is -0.563. The van der Waals surface area contributed by atoms with Crippen LogP contribution in [0.1, 0.15) is 0 Å². The number of nitrogens with zero attached hydrogens (tertiary/aromatic N) is 1. The first kappa shape index (κ1) is 18.0. The van der Waals surface area contributed by atoms with Crippen molar-refractivity contribution in [2.75, 3.05) is 11.4 Å². The van der Waals surface area contributed by atoms with Gasteiger partial charge in [0, 0.05) is 5.02 Å². The van der Waals surface area contributed by atoms with Crippen molar-refractivity contribution in [2.24, 2.45) is 11.8 Å². The number of hydrogen-bond acceptors (Lipinski definition) is 4. The summed E-state index contributed by atoms with van der Waals surface area (Å²) in [6, 6.07) is 6.06. The van der Waals surface area contributed by atoms with Crippen LogP contribution < -0.4 is 10.2 Å². The highest BCUT2D eigenvalue weighted by molar-refractivity contribution is 6.31. The van der Waals surface area contributed by atoms with Crippen LogP contribution in [0.3, 0.4) is 0 Å². The molecule has 27 heavy (non-hydrogen) atoms. The third kappa shape index (κ3) is 2.64. The number of ether oxygens (including phenoxy) is 1. The maximum absolute atomic E-state index is 12.9. The fourth-order valence-corrected chi connectivity index (χ4v) is 4.00. The van der Waals surface area contributed by atoms with E-state index in [-0.39, 0.29) is 0 Å². The molecule has 1 aromatic carbocycles. The molecule has 4 rings (SSSR count). The molecule has 142 valence electrons. The molecule has 3 aliphatic rings. The number of carbonyl (C=O) groups is 3. The number of rotatable bonds is 3. The predicted octanol–water partition coefficient (Wildman–Crippen LogP) is 1.83. The van der Waals surface area contributed by atoms with E-state index in [0.717, 1.165) is 4.90 Å². The number of nitrogens with one attached hydrogen (secondary N) is 1. The summed E-state index contributed by atoms with van der Waals surface area (Å²) >= 11 is 5.82. The minimum Gasteiger partial charge on any atom is -0.360 e. The molecule has 1 N–H and O–H groups in total. The van der Waals surface area contributed by atoms with Gasteiger partial charge in [0.1, 0.15) is 5.60 Å². The maximum Gasteiger partial charge on any atom is 0.471 e. The van der Waals surface area contributed by atoms with Crippen molar-refractivity contribution in [1.82, 2.24) is 5.32 Å². The van der Waals surface area contributed by atoms with Crippen LogP contribution >= 0.6 is 11.6 Å². The smallest absolute Gasteiger partial charge is 0.360 e. The number of halogens is 4. The molecule has 6 nitrogen and oxygen atoms in total. The van der Waals surface area contributed by atoms with Gasteiger partial charge in [0.05, 0.1) is 30.2 Å². The van der Waals surface area contributed by atoms with Gasteiger partial charge in [0.2, 0.25) is 11.8 Å². The van der Waals surface area contributed by atoms with Crippen LogP contribution in [0.4, 0.5) is 18.9 Å². The van der Waals surface area contributed by atoms with Crippen molar-refractivity contribution in [3.63, 3.8) is 0 Å². The topological polar surface area (TPSA) is 75.7 Å². The maximum atomic E-state index is 12.9. The Hall–Kier alpha value is -2.39. The molecule has 4 atom stereocenters. The Morgan fingerprint density at radius 1 is 1.22 bits per heavy atom. The predicted molar refractivity (Wildman–Crippen MR) is 86.7 cm³/mol. The number of hydrogen-bond donors (Lipinski definition) is 1. The second-order valence-corrected chi connectivity index (χ2v) is 7.01. The summed E-state index contributed by atoms with van der Waals surface area (Å²) in [7, 11) is 0. The molecular formula is C17H12ClF3N2O4. The summed E-state index contributed by atoms with van der Waals surface area (Å²) in [6.07, 6.45) is -2.79. The van der Waals surface area contributed by atoms with Crippen molar-refractivity contribution >= 4 is 35.0 Å². The lowest BCUT2D eigenvalue weighted by Gasteiger charge is -2.29. The average Bonchev–Trinajstić information content (AvgIpc) is 3.24. The fraction of sp³-hybridized carbons (Fsp3) is 0.353. The summed E-state index contributed by atoms with van der Waals surface area (Å²) in [5, 5.41) is 2.18. The highest BCUT2D eigenvalue weighted by atomic mass is 35.5. The molecule has 2 bridgehead atoms. The highest BCUT2D eigenvalue weighted by Crippen LogP contribution is 2.52. The molecule has 0 saturated carbocycles. The third-order valence-corrected chi connectivity index (χ3v) is 5.27. The number of amides is 3. The Labute approximate surface area is 155 Å². The second-order valence-electron chi connectivity index (χ2n) is 6.57. The molecule has 3 aliphatic heterocycles. The first-order valence-corrected chi connectivity index (χ1v) is 8.37. The molecule has 3 amide bonds. The van der Waals surface area contributed by atoms with E-state index in [1.54, 1.807) is 5.32 Å². The molecule has 0 radical (unpaired) electrons. The van der Waals surface area contributed by atoms with E-state index >= 15 is 0 Å². The van der Waals surface area contributed by atoms with Gasteiger partial charge in [-0.1, -0.05) is 23.8 Å². The van der Waals surface area contributed by atoms with Crippen LogP contribution in [0.2, 0.25) is 5.02 Å². The Morgan fingerprint density at radius 3 is 2.52 bits per heavy atom. The lowest BCUT2D eigenvalue weighted by Crippen LogP contribution is -2.51. The van der Waals surface area contributed by atoms with Gasteiger partial charge < -0.3 is 10.1 Å². The molecule has 2 fully saturated rings. The Balaban J connectivity index is 1.62. The molecule has 0 unspecified atom stereocenters. The van der Waals surface area contributed by atoms with Crippen LogP contribution in [0.15, 0.2) is 36.4 Å². The standard InChI is InChI=1S/C17H12ClF3N2O4/c18-8-1-3-9(4-2-8)23-13(24)11-10-5-6-16(27-10,12(11)14(23)25)7-22-15(26)17(19,20)21/h1-6,10-12H,7H2,(H,22,26)/t10-,11+,12-,16+/m1/s1. The molecule has 0 aliphatic carbocycles. The number of benzene rings is 1. The molecule has 1 aromatic rings. The van der Waals surface area contributed by atoms with Gasteiger partial charge >= 0.3 is 12.1 Å². The van der Waals surface area contributed by atoms with E-state index in [4.69, 9.17) is 16.3 Å². The van der Waals surface area contributed by atoms with E-state index in [0.29, 0.717) is 10.7 Å². The Kier molecular flexibility index (Phi) is 3.87. The van der Waals surface area contributed by atoms with Gasteiger partial charge in [-0.25, -0.2) is 4.90 Å². The van der Waals surface area contributed by atoms with Crippen LogP contribution in [-0.4, -0.2) is 42.1 Å². The van der Waals surface area contributed by atoms with E-state index in [1.165, 1.54) is 36.4 Å². The molecule has 0 aromatic heterocycles. The van der Waals surface area contributed by atoms with Crippen molar-refractivity contribution in [3.8, 4) is 0 Å². The quantitative estimate of drug-likeness (QED) is 0.620. The van der Waals surface area contributed by atoms with E-state index < -0.39 is 54.0 Å². The lowest BCUT2D eigenvalue weighted by atomic mass is 9.77. The number of carbonyl (C=O) groups excluding carboxylic acids is 3. The van der Waals surface area contributed by atoms with Crippen LogP contribution in [0, 0.1) is 11.8 Å². The van der Waals surface area contributed by atoms with Crippen LogP contribution in [-0.2, 0) is 19.1 Å². The monoisotopic (exact) mass is 400 g/mol. The summed E-state index contributed by atoms with van der Waals surface area (Å²) < 4.78 is 43.1. The molecule has 2 saturated heterocycles. The van der Waals surface area contributed by atoms with Crippen molar-refractivity contribution < 1.29 is 32.3 Å². The zero-order valence-electron chi connectivity index (χ0n) is 13.5. The lowest BCUT2D eigenvalue weighted by molar-refractivity contribution is -0.174. The number of fused-ring (bicyclic) bond motifs is 5. The van der Waals surface area contributed by atoms with Crippen molar-refractivity contribution in [1.29, 1.82) is 0 Å². The Bertz CT molecular complexity index is 870. The molecular weight excluding hydrogens is 389 g/mol. The minimum absolute atomic E-state index is 0.317. The van der Waals surface area contributed by atoms with Crippen molar-refractivity contribution in [2.45, 2.75) is 17.9 Å². The normalized spacial score (nSPS) is 31.6. The number of imide groups is 1. The first-order valence-electron chi connectivity index (χ1n) is 8.00. The molecule has 0 spiro atoms. The Morgan fingerprint density at radius 2 is 1.89 bits per heavy atom. The first-order chi connectivity index (χ1) is 12.6. The van der Waals surface area contributed by atoms with Gasteiger partial charge in [-0.05, 0) is 24.3 Å². The highest BCUT2D eigenvalue weighted by Gasteiger charge is 2.68. The van der Waals surface area contributed by atoms with Crippen molar-refractivity contribution in [3.05, 3.63) is 41.4 Å². The van der Waals surface area contributed by atoms with Gasteiger partial charge in [0.25, 0.3) is 0 Å². The fourth-order valence-electron chi connectivity index (χ4n) is 3.87. The largest absolute Gasteiger partial charge is 0.471 e. The SMILES string of the molecule is O=C1[C@H]2[C@H]3C=C[C@@](CNC(=O)C(F)(F)F)(O3)[C@H]2C(=O)N1c1ccc(Cl)cc1. The molecule has 3 heterocycles. The van der Waals surface area contributed by atoms with Gasteiger partial charge in [-0.15, -0.1) is 0 Å². The summed E-state index contributed by atoms with van der Waals surface area (Å²) in [5.74, 6) is -5.07. The second kappa shape index (κ2) is 5.80. The van der Waals surface area contributed by atoms with E-state index in [2.05, 4.69) is 0 Å². The van der Waals surface area contributed by atoms with E-state index in [1.807, 2.05) is 0 Å². The minimum atomic E-state index is -5.05. The van der Waals surface area contributed by atoms with Gasteiger partial charge in [0.15, 0.2) is 0 Å². The van der Waals surface area contributed by atoms with Gasteiger partial charge in [-0.3, -0.25) is 14.4 Å². The summed E-state index contributed by atoms with van der Waals surface area (Å²) in [4.78, 5) is 37.9. The average molecular weight is 401 g/mol. The summed E-state index contributed by atoms with van der Waals surface area (Å²) in [5.41, 5.74) is -1.16. The number of anilines is 1. The number of alkyl halides is 3. The van der Waals surface area contributed by atoms with E-state index in [9.17, 15) is 27.6 Å². The van der Waals surface area contributed by atoms with Crippen LogP contribution in [0.5, 0.6) is 0 Å². The van der Waals surface area contributed by atoms with Crippen LogP contribution in [0.25, 0.3) is 0 Å².